The van der Waals surface area contributed by atoms with E-state index in [4.69, 9.17) is 28.1 Å². The van der Waals surface area contributed by atoms with Gasteiger partial charge in [0.05, 0.1) is 25.7 Å². The first kappa shape index (κ1) is 30.4. The predicted octanol–water partition coefficient (Wildman–Crippen LogP) is -2.03. The van der Waals surface area contributed by atoms with E-state index in [0.717, 1.165) is 0 Å². The second-order valence-electron chi connectivity index (χ2n) is 10.2. The van der Waals surface area contributed by atoms with Crippen LogP contribution >= 0.6 is 0 Å². The van der Waals surface area contributed by atoms with Crippen LogP contribution in [-0.2, 0) is 14.2 Å². The highest BCUT2D eigenvalue weighted by Gasteiger charge is 2.48. The first-order valence-corrected chi connectivity index (χ1v) is 13.0. The summed E-state index contributed by atoms with van der Waals surface area (Å²) in [5, 5.41) is 82.7. The second kappa shape index (κ2) is 11.9. The molecule has 15 heteroatoms. The fourth-order valence-electron chi connectivity index (χ4n) is 5.09. The quantitative estimate of drug-likeness (QED) is 0.137. The van der Waals surface area contributed by atoms with Crippen molar-refractivity contribution in [2.24, 2.45) is 0 Å². The van der Waals surface area contributed by atoms with Crippen LogP contribution in [0.25, 0.3) is 21.7 Å². The molecule has 42 heavy (non-hydrogen) atoms. The van der Waals surface area contributed by atoms with E-state index >= 15 is 0 Å². The van der Waals surface area contributed by atoms with Crippen molar-refractivity contribution in [3.05, 3.63) is 40.2 Å². The molecule has 0 saturated carbocycles. The molecule has 0 bridgehead atoms. The van der Waals surface area contributed by atoms with Crippen molar-refractivity contribution in [2.45, 2.75) is 68.3 Å². The van der Waals surface area contributed by atoms with Crippen LogP contribution in [0.2, 0.25) is 0 Å². The summed E-state index contributed by atoms with van der Waals surface area (Å²) in [5.41, 5.74) is -0.394. The molecule has 3 heterocycles. The molecule has 0 unspecified atom stereocenters. The number of phenols is 1. The summed E-state index contributed by atoms with van der Waals surface area (Å²) < 4.78 is 33.2. The van der Waals surface area contributed by atoms with Crippen molar-refractivity contribution in [3.63, 3.8) is 0 Å². The maximum absolute atomic E-state index is 12.7. The van der Waals surface area contributed by atoms with Crippen LogP contribution < -0.4 is 14.9 Å². The van der Waals surface area contributed by atoms with Crippen LogP contribution in [-0.4, -0.2) is 123 Å². The van der Waals surface area contributed by atoms with Gasteiger partial charge in [0, 0.05) is 12.1 Å². The lowest BCUT2D eigenvalue weighted by Crippen LogP contribution is -2.62. The highest BCUT2D eigenvalue weighted by molar-refractivity contribution is 6.06. The molecule has 2 aliphatic rings. The van der Waals surface area contributed by atoms with Gasteiger partial charge in [0.1, 0.15) is 82.8 Å². The first-order valence-electron chi connectivity index (χ1n) is 13.0. The molecule has 2 aromatic carbocycles. The van der Waals surface area contributed by atoms with E-state index in [1.807, 2.05) is 0 Å². The highest BCUT2D eigenvalue weighted by Crippen LogP contribution is 2.42. The normalized spacial score (nSPS) is 33.6. The molecule has 5 rings (SSSR count). The zero-order chi connectivity index (χ0) is 30.5. The monoisotopic (exact) mass is 596 g/mol. The zero-order valence-corrected chi connectivity index (χ0v) is 22.4. The number of phenolic OH excluding ortho intramolecular Hbond substituents is 1. The minimum atomic E-state index is -1.81. The van der Waals surface area contributed by atoms with Crippen LogP contribution in [0.5, 0.6) is 17.2 Å². The predicted molar refractivity (Wildman–Crippen MR) is 140 cm³/mol. The molecule has 8 N–H and O–H groups in total. The number of rotatable bonds is 7. The largest absolute Gasteiger partial charge is 0.506 e. The van der Waals surface area contributed by atoms with E-state index in [0.29, 0.717) is 11.1 Å². The second-order valence-corrected chi connectivity index (χ2v) is 10.2. The van der Waals surface area contributed by atoms with Gasteiger partial charge in [-0.1, -0.05) is 0 Å². The topological polar surface area (TPSA) is 238 Å². The van der Waals surface area contributed by atoms with Gasteiger partial charge in [-0.3, -0.25) is 4.79 Å². The molecule has 2 aliphatic heterocycles. The van der Waals surface area contributed by atoms with Crippen molar-refractivity contribution in [2.75, 3.05) is 20.3 Å². The van der Waals surface area contributed by atoms with Crippen LogP contribution in [0.15, 0.2) is 33.5 Å². The molecule has 0 spiro atoms. The number of aryl methyl sites for hydroxylation is 1. The lowest BCUT2D eigenvalue weighted by molar-refractivity contribution is -0.323. The Morgan fingerprint density at radius 2 is 1.45 bits per heavy atom. The number of methoxy groups -OCH3 is 1. The van der Waals surface area contributed by atoms with E-state index < -0.39 is 85.8 Å². The third-order valence-electron chi connectivity index (χ3n) is 7.39. The summed E-state index contributed by atoms with van der Waals surface area (Å²) >= 11 is 0. The Kier molecular flexibility index (Phi) is 8.60. The van der Waals surface area contributed by atoms with Gasteiger partial charge in [-0.25, -0.2) is 0 Å². The van der Waals surface area contributed by atoms with Crippen molar-refractivity contribution < 1.29 is 69.0 Å². The average molecular weight is 597 g/mol. The number of aliphatic hydroxyl groups is 7. The molecule has 230 valence electrons. The van der Waals surface area contributed by atoms with Crippen LogP contribution in [0.4, 0.5) is 0 Å². The molecule has 2 saturated heterocycles. The summed E-state index contributed by atoms with van der Waals surface area (Å²) in [6.07, 6.45) is -16.2. The van der Waals surface area contributed by atoms with E-state index in [1.54, 1.807) is 13.0 Å². The third kappa shape index (κ3) is 5.40. The van der Waals surface area contributed by atoms with Gasteiger partial charge < -0.3 is 69.0 Å². The Balaban J connectivity index is 1.44. The van der Waals surface area contributed by atoms with E-state index in [9.17, 15) is 45.6 Å². The molecule has 2 fully saturated rings. The molecule has 0 aliphatic carbocycles. The number of hydrogen-bond acceptors (Lipinski definition) is 15. The Labute approximate surface area is 237 Å². The molecular weight excluding hydrogens is 564 g/mol. The number of ether oxygens (including phenoxy) is 5. The van der Waals surface area contributed by atoms with Gasteiger partial charge in [0.25, 0.3) is 0 Å². The molecular formula is C27H32O15. The van der Waals surface area contributed by atoms with E-state index in [-0.39, 0.29) is 27.9 Å². The van der Waals surface area contributed by atoms with Crippen molar-refractivity contribution in [3.8, 4) is 17.2 Å². The third-order valence-corrected chi connectivity index (χ3v) is 7.39. The van der Waals surface area contributed by atoms with Gasteiger partial charge in [-0.15, -0.1) is 0 Å². The Hall–Kier alpha value is -3.09. The summed E-state index contributed by atoms with van der Waals surface area (Å²) in [7, 11) is 1.38. The average Bonchev–Trinajstić information content (AvgIpc) is 2.95. The summed E-state index contributed by atoms with van der Waals surface area (Å²) in [6, 6.07) is 5.62. The first-order chi connectivity index (χ1) is 19.9. The fourth-order valence-corrected chi connectivity index (χ4v) is 5.09. The van der Waals surface area contributed by atoms with Gasteiger partial charge in [0.15, 0.2) is 11.7 Å². The minimum Gasteiger partial charge on any atom is -0.506 e. The van der Waals surface area contributed by atoms with E-state index in [2.05, 4.69) is 0 Å². The van der Waals surface area contributed by atoms with E-state index in [1.165, 1.54) is 25.3 Å². The lowest BCUT2D eigenvalue weighted by Gasteiger charge is -2.42. The molecule has 1 aromatic heterocycles. The molecule has 0 amide bonds. The highest BCUT2D eigenvalue weighted by atomic mass is 16.7. The Morgan fingerprint density at radius 1 is 0.810 bits per heavy atom. The fraction of sp³-hybridized carbons (Fsp3) is 0.519. The maximum Gasteiger partial charge on any atom is 0.229 e. The number of aliphatic hydroxyl groups excluding tert-OH is 7. The standard InChI is InChI=1S/C27H32O15/c1-9-3-12(29)18-13(39-9)5-10-4-11(37-2)6-14(17(10)21(18)32)40-27-25(36)23(34)20(31)16(42-27)8-38-26-24(35)22(33)19(30)15(7-28)41-26/h3-6,15-16,19-20,22-28,30-36H,7-8H2,1-2H3/t15-,16-,19-,20-,22+,23+,24-,25-,26-,27-/m0/s1. The lowest BCUT2D eigenvalue weighted by atomic mass is 9.98. The van der Waals surface area contributed by atoms with Crippen molar-refractivity contribution in [1.29, 1.82) is 0 Å². The smallest absolute Gasteiger partial charge is 0.229 e. The Bertz CT molecular complexity index is 1490. The van der Waals surface area contributed by atoms with Gasteiger partial charge in [-0.2, -0.15) is 0 Å². The zero-order valence-electron chi connectivity index (χ0n) is 22.4. The Morgan fingerprint density at radius 3 is 2.12 bits per heavy atom. The van der Waals surface area contributed by atoms with Gasteiger partial charge in [0.2, 0.25) is 6.29 Å². The SMILES string of the molecule is COc1cc(O[C@H]2O[C@@H](CO[C@H]3O[C@@H](CO)[C@H](O)[C@@H](O)[C@@H]3O)[C@H](O)[C@@H](O)[C@@H]2O)c2c(O)c3c(=O)cc(C)oc3cc2c1. The number of hydrogen-bond donors (Lipinski definition) is 8. The van der Waals surface area contributed by atoms with Crippen molar-refractivity contribution >= 4 is 21.7 Å². The van der Waals surface area contributed by atoms with Gasteiger partial charge in [-0.05, 0) is 24.4 Å². The number of aromatic hydroxyl groups is 1. The van der Waals surface area contributed by atoms with Crippen LogP contribution in [0.3, 0.4) is 0 Å². The molecule has 10 atom stereocenters. The van der Waals surface area contributed by atoms with Crippen LogP contribution in [0.1, 0.15) is 5.76 Å². The number of fused-ring (bicyclic) bond motifs is 2. The summed E-state index contributed by atoms with van der Waals surface area (Å²) in [5.74, 6) is 0.0146. The van der Waals surface area contributed by atoms with Crippen LogP contribution in [0, 0.1) is 6.92 Å². The number of benzene rings is 2. The summed E-state index contributed by atoms with van der Waals surface area (Å²) in [4.78, 5) is 12.7. The molecule has 0 radical (unpaired) electrons. The maximum atomic E-state index is 12.7. The molecule has 15 nitrogen and oxygen atoms in total. The van der Waals surface area contributed by atoms with Crippen molar-refractivity contribution in [1.82, 2.24) is 0 Å². The van der Waals surface area contributed by atoms with Gasteiger partial charge >= 0.3 is 0 Å². The summed E-state index contributed by atoms with van der Waals surface area (Å²) in [6.45, 7) is 0.330. The molecule has 3 aromatic rings. The minimum absolute atomic E-state index is 0.0463.